The summed E-state index contributed by atoms with van der Waals surface area (Å²) in [6.07, 6.45) is 3.37. The van der Waals surface area contributed by atoms with Gasteiger partial charge in [0.25, 0.3) is 5.91 Å². The Balaban J connectivity index is 1.48. The van der Waals surface area contributed by atoms with Crippen molar-refractivity contribution in [2.45, 2.75) is 0 Å². The predicted octanol–water partition coefficient (Wildman–Crippen LogP) is 3.16. The number of urea groups is 1. The maximum Gasteiger partial charge on any atom is 0.329 e. The number of aromatic nitrogens is 1. The molecule has 1 aromatic heterocycles. The molecule has 32 heavy (non-hydrogen) atoms. The van der Waals surface area contributed by atoms with Gasteiger partial charge in [0.05, 0.1) is 7.11 Å². The first-order valence-electron chi connectivity index (χ1n) is 9.66. The van der Waals surface area contributed by atoms with Crippen LogP contribution >= 0.6 is 0 Å². The Bertz CT molecular complexity index is 1200. The molecule has 1 aliphatic heterocycles. The molecule has 4 rings (SSSR count). The molecular weight excluding hydrogens is 415 g/mol. The number of benzene rings is 2. The van der Waals surface area contributed by atoms with Crippen molar-refractivity contribution in [3.8, 4) is 11.4 Å². The van der Waals surface area contributed by atoms with E-state index in [1.54, 1.807) is 19.3 Å². The van der Waals surface area contributed by atoms with Crippen LogP contribution in [0.5, 0.6) is 5.75 Å². The number of carbonyl (C=O) groups is 3. The van der Waals surface area contributed by atoms with Gasteiger partial charge in [-0.05, 0) is 66.7 Å². The SMILES string of the molecule is COc1ccc(-n2cccc2/C=C2\NC(=O)N(CC(=O)Nc3ccc(F)cc3)C2=O)cc1. The van der Waals surface area contributed by atoms with Crippen molar-refractivity contribution < 1.29 is 23.5 Å². The molecule has 162 valence electrons. The maximum atomic E-state index is 13.0. The molecule has 1 saturated heterocycles. The van der Waals surface area contributed by atoms with Crippen molar-refractivity contribution in [1.82, 2.24) is 14.8 Å². The molecule has 2 heterocycles. The van der Waals surface area contributed by atoms with Gasteiger partial charge in [-0.1, -0.05) is 0 Å². The molecule has 9 heteroatoms. The summed E-state index contributed by atoms with van der Waals surface area (Å²) in [5.41, 5.74) is 1.92. The van der Waals surface area contributed by atoms with E-state index in [9.17, 15) is 18.8 Å². The van der Waals surface area contributed by atoms with Crippen LogP contribution in [0, 0.1) is 5.82 Å². The minimum absolute atomic E-state index is 0.0537. The highest BCUT2D eigenvalue weighted by Crippen LogP contribution is 2.20. The fraction of sp³-hybridized carbons (Fsp3) is 0.0870. The first-order chi connectivity index (χ1) is 15.4. The van der Waals surface area contributed by atoms with Crippen LogP contribution in [0.4, 0.5) is 14.9 Å². The van der Waals surface area contributed by atoms with Crippen LogP contribution < -0.4 is 15.4 Å². The number of ether oxygens (including phenoxy) is 1. The van der Waals surface area contributed by atoms with Crippen LogP contribution in [0.1, 0.15) is 5.69 Å². The van der Waals surface area contributed by atoms with Crippen molar-refractivity contribution >= 4 is 29.6 Å². The fourth-order valence-electron chi connectivity index (χ4n) is 3.23. The number of nitrogens with zero attached hydrogens (tertiary/aromatic N) is 2. The standard InChI is InChI=1S/C23H19FN4O4/c1-32-19-10-8-17(9-11-19)27-12-2-3-18(27)13-20-22(30)28(23(31)26-20)14-21(29)25-16-6-4-15(24)5-7-16/h2-13H,14H2,1H3,(H,25,29)(H,26,31)/b20-13-. The lowest BCUT2D eigenvalue weighted by molar-refractivity contribution is -0.127. The first kappa shape index (κ1) is 20.9. The number of amides is 4. The molecule has 0 unspecified atom stereocenters. The van der Waals surface area contributed by atoms with Gasteiger partial charge < -0.3 is 19.9 Å². The van der Waals surface area contributed by atoms with E-state index in [1.807, 2.05) is 41.1 Å². The molecular formula is C23H19FN4O4. The van der Waals surface area contributed by atoms with Gasteiger partial charge in [-0.15, -0.1) is 0 Å². The molecule has 2 N–H and O–H groups in total. The number of hydrogen-bond acceptors (Lipinski definition) is 4. The number of imide groups is 1. The molecule has 0 saturated carbocycles. The average Bonchev–Trinajstić information content (AvgIpc) is 3.35. The van der Waals surface area contributed by atoms with Crippen LogP contribution in [0.2, 0.25) is 0 Å². The van der Waals surface area contributed by atoms with E-state index in [2.05, 4.69) is 10.6 Å². The van der Waals surface area contributed by atoms with E-state index in [1.165, 1.54) is 24.3 Å². The summed E-state index contributed by atoms with van der Waals surface area (Å²) in [5, 5.41) is 5.03. The topological polar surface area (TPSA) is 92.7 Å². The van der Waals surface area contributed by atoms with Crippen LogP contribution in [-0.2, 0) is 9.59 Å². The number of halogens is 1. The van der Waals surface area contributed by atoms with Crippen molar-refractivity contribution in [3.63, 3.8) is 0 Å². The minimum Gasteiger partial charge on any atom is -0.497 e. The van der Waals surface area contributed by atoms with Gasteiger partial charge in [0.15, 0.2) is 0 Å². The molecule has 0 aliphatic carbocycles. The molecule has 0 radical (unpaired) electrons. The molecule has 8 nitrogen and oxygen atoms in total. The molecule has 2 aromatic carbocycles. The quantitative estimate of drug-likeness (QED) is 0.461. The number of hydrogen-bond donors (Lipinski definition) is 2. The van der Waals surface area contributed by atoms with Crippen molar-refractivity contribution in [2.75, 3.05) is 19.0 Å². The van der Waals surface area contributed by atoms with E-state index in [4.69, 9.17) is 4.74 Å². The Morgan fingerprint density at radius 2 is 1.81 bits per heavy atom. The summed E-state index contributed by atoms with van der Waals surface area (Å²) in [5.74, 6) is -0.922. The summed E-state index contributed by atoms with van der Waals surface area (Å²) >= 11 is 0. The Morgan fingerprint density at radius 3 is 2.50 bits per heavy atom. The lowest BCUT2D eigenvalue weighted by Gasteiger charge is -2.12. The molecule has 4 amide bonds. The van der Waals surface area contributed by atoms with Crippen LogP contribution in [0.3, 0.4) is 0 Å². The second kappa shape index (κ2) is 8.76. The average molecular weight is 434 g/mol. The summed E-state index contributed by atoms with van der Waals surface area (Å²) in [6.45, 7) is -0.473. The van der Waals surface area contributed by atoms with E-state index in [-0.39, 0.29) is 5.70 Å². The summed E-state index contributed by atoms with van der Waals surface area (Å²) in [4.78, 5) is 38.1. The highest BCUT2D eigenvalue weighted by Gasteiger charge is 2.35. The van der Waals surface area contributed by atoms with Crippen molar-refractivity contribution in [1.29, 1.82) is 0 Å². The van der Waals surface area contributed by atoms with Crippen LogP contribution in [0.15, 0.2) is 72.6 Å². The van der Waals surface area contributed by atoms with E-state index >= 15 is 0 Å². The Labute approximate surface area is 182 Å². The predicted molar refractivity (Wildman–Crippen MR) is 116 cm³/mol. The lowest BCUT2D eigenvalue weighted by Crippen LogP contribution is -2.38. The second-order valence-corrected chi connectivity index (χ2v) is 6.94. The van der Waals surface area contributed by atoms with Gasteiger partial charge in [0, 0.05) is 23.3 Å². The summed E-state index contributed by atoms with van der Waals surface area (Å²) < 4.78 is 20.0. The zero-order chi connectivity index (χ0) is 22.7. The molecule has 0 bridgehead atoms. The van der Waals surface area contributed by atoms with E-state index < -0.39 is 30.2 Å². The molecule has 3 aromatic rings. The van der Waals surface area contributed by atoms with Gasteiger partial charge in [-0.25, -0.2) is 14.1 Å². The maximum absolute atomic E-state index is 13.0. The van der Waals surface area contributed by atoms with E-state index in [0.717, 1.165) is 10.6 Å². The van der Waals surface area contributed by atoms with Crippen LogP contribution in [0.25, 0.3) is 11.8 Å². The highest BCUT2D eigenvalue weighted by atomic mass is 19.1. The number of rotatable bonds is 6. The van der Waals surface area contributed by atoms with Gasteiger partial charge in [-0.3, -0.25) is 9.59 Å². The van der Waals surface area contributed by atoms with Crippen molar-refractivity contribution in [2.24, 2.45) is 0 Å². The van der Waals surface area contributed by atoms with Crippen molar-refractivity contribution in [3.05, 3.63) is 84.1 Å². The third kappa shape index (κ3) is 4.36. The third-order valence-electron chi connectivity index (χ3n) is 4.82. The van der Waals surface area contributed by atoms with Gasteiger partial charge in [0.2, 0.25) is 5.91 Å². The number of methoxy groups -OCH3 is 1. The fourth-order valence-corrected chi connectivity index (χ4v) is 3.23. The number of carbonyl (C=O) groups excluding carboxylic acids is 3. The summed E-state index contributed by atoms with van der Waals surface area (Å²) in [7, 11) is 1.58. The van der Waals surface area contributed by atoms with Crippen LogP contribution in [-0.4, -0.2) is 41.0 Å². The number of anilines is 1. The Morgan fingerprint density at radius 1 is 1.09 bits per heavy atom. The molecule has 0 spiro atoms. The monoisotopic (exact) mass is 434 g/mol. The van der Waals surface area contributed by atoms with Gasteiger partial charge in [0.1, 0.15) is 23.8 Å². The van der Waals surface area contributed by atoms with Gasteiger partial charge >= 0.3 is 6.03 Å². The normalized spacial score (nSPS) is 14.6. The second-order valence-electron chi connectivity index (χ2n) is 6.94. The largest absolute Gasteiger partial charge is 0.497 e. The third-order valence-corrected chi connectivity index (χ3v) is 4.82. The lowest BCUT2D eigenvalue weighted by atomic mass is 10.2. The zero-order valence-electron chi connectivity index (χ0n) is 17.0. The molecule has 1 fully saturated rings. The Kier molecular flexibility index (Phi) is 5.71. The minimum atomic E-state index is -0.696. The Hall–Kier alpha value is -4.40. The highest BCUT2D eigenvalue weighted by molar-refractivity contribution is 6.15. The molecule has 0 atom stereocenters. The first-order valence-corrected chi connectivity index (χ1v) is 9.66. The number of nitrogens with one attached hydrogen (secondary N) is 2. The summed E-state index contributed by atoms with van der Waals surface area (Å²) in [6, 6.07) is 15.4. The van der Waals surface area contributed by atoms with Gasteiger partial charge in [-0.2, -0.15) is 0 Å². The van der Waals surface area contributed by atoms with E-state index in [0.29, 0.717) is 17.1 Å². The smallest absolute Gasteiger partial charge is 0.329 e. The zero-order valence-corrected chi connectivity index (χ0v) is 17.0. The molecule has 1 aliphatic rings.